The average molecular weight is 244 g/mol. The molecule has 0 amide bonds. The predicted octanol–water partition coefficient (Wildman–Crippen LogP) is 2.89. The Morgan fingerprint density at radius 3 is 2.47 bits per heavy atom. The minimum absolute atomic E-state index is 0.446. The summed E-state index contributed by atoms with van der Waals surface area (Å²) in [4.78, 5) is 10.9. The molecule has 1 atom stereocenters. The SMILES string of the molecule is O=C(C=CCc1ccccc1)OC(F)C(F)F. The van der Waals surface area contributed by atoms with E-state index in [0.29, 0.717) is 6.42 Å². The second-order valence-electron chi connectivity index (χ2n) is 3.21. The average Bonchev–Trinajstić information content (AvgIpc) is 2.30. The number of ether oxygens (including phenoxy) is 1. The molecule has 0 heterocycles. The predicted molar refractivity (Wildman–Crippen MR) is 56.3 cm³/mol. The third kappa shape index (κ3) is 5.19. The van der Waals surface area contributed by atoms with Gasteiger partial charge >= 0.3 is 18.8 Å². The summed E-state index contributed by atoms with van der Waals surface area (Å²) in [6.45, 7) is 0. The van der Waals surface area contributed by atoms with E-state index in [2.05, 4.69) is 4.74 Å². The first kappa shape index (κ1) is 13.3. The second-order valence-corrected chi connectivity index (χ2v) is 3.21. The van der Waals surface area contributed by atoms with E-state index in [-0.39, 0.29) is 0 Å². The molecule has 0 radical (unpaired) electrons. The van der Waals surface area contributed by atoms with Crippen LogP contribution < -0.4 is 0 Å². The van der Waals surface area contributed by atoms with Crippen LogP contribution in [-0.2, 0) is 16.0 Å². The van der Waals surface area contributed by atoms with Gasteiger partial charge in [-0.2, -0.15) is 4.39 Å². The van der Waals surface area contributed by atoms with Gasteiger partial charge in [-0.25, -0.2) is 13.6 Å². The maximum Gasteiger partial charge on any atom is 0.333 e. The first-order valence-corrected chi connectivity index (χ1v) is 4.93. The molecule has 2 nitrogen and oxygen atoms in total. The number of alkyl halides is 3. The van der Waals surface area contributed by atoms with Crippen molar-refractivity contribution < 1.29 is 22.7 Å². The van der Waals surface area contributed by atoms with E-state index in [1.807, 2.05) is 30.3 Å². The summed E-state index contributed by atoms with van der Waals surface area (Å²) < 4.78 is 39.5. The molecule has 5 heteroatoms. The van der Waals surface area contributed by atoms with Gasteiger partial charge in [-0.05, 0) is 12.0 Å². The van der Waals surface area contributed by atoms with Crippen LogP contribution in [0.2, 0.25) is 0 Å². The second kappa shape index (κ2) is 6.73. The van der Waals surface area contributed by atoms with Crippen molar-refractivity contribution in [2.75, 3.05) is 0 Å². The lowest BCUT2D eigenvalue weighted by molar-refractivity contribution is -0.168. The molecule has 92 valence electrons. The Morgan fingerprint density at radius 1 is 1.24 bits per heavy atom. The molecule has 1 aromatic rings. The molecule has 0 bridgehead atoms. The Labute approximate surface area is 96.7 Å². The van der Waals surface area contributed by atoms with E-state index in [0.717, 1.165) is 11.6 Å². The van der Waals surface area contributed by atoms with Gasteiger partial charge in [0.2, 0.25) is 0 Å². The molecule has 0 spiro atoms. The van der Waals surface area contributed by atoms with E-state index in [9.17, 15) is 18.0 Å². The number of benzene rings is 1. The van der Waals surface area contributed by atoms with Gasteiger partial charge in [-0.1, -0.05) is 36.4 Å². The lowest BCUT2D eigenvalue weighted by Crippen LogP contribution is -2.19. The number of esters is 1. The van der Waals surface area contributed by atoms with Crippen LogP contribution in [0.4, 0.5) is 13.2 Å². The summed E-state index contributed by atoms with van der Waals surface area (Å²) in [6.07, 6.45) is -3.38. The van der Waals surface area contributed by atoms with Gasteiger partial charge in [0.05, 0.1) is 0 Å². The van der Waals surface area contributed by atoms with Crippen molar-refractivity contribution in [1.82, 2.24) is 0 Å². The van der Waals surface area contributed by atoms with E-state index < -0.39 is 18.8 Å². The summed E-state index contributed by atoms with van der Waals surface area (Å²) in [5.74, 6) is -1.12. The third-order valence-corrected chi connectivity index (χ3v) is 1.88. The Hall–Kier alpha value is -1.78. The summed E-state index contributed by atoms with van der Waals surface area (Å²) in [6, 6.07) is 9.18. The van der Waals surface area contributed by atoms with Crippen molar-refractivity contribution in [2.24, 2.45) is 0 Å². The molecular formula is C12H11F3O2. The minimum Gasteiger partial charge on any atom is -0.422 e. The zero-order valence-corrected chi connectivity index (χ0v) is 8.85. The zero-order valence-electron chi connectivity index (χ0n) is 8.85. The highest BCUT2D eigenvalue weighted by molar-refractivity contribution is 5.82. The van der Waals surface area contributed by atoms with Crippen molar-refractivity contribution in [1.29, 1.82) is 0 Å². The molecule has 0 aliphatic heterocycles. The summed E-state index contributed by atoms with van der Waals surface area (Å²) in [7, 11) is 0. The fourth-order valence-corrected chi connectivity index (χ4v) is 1.11. The molecule has 0 saturated heterocycles. The lowest BCUT2D eigenvalue weighted by atomic mass is 10.1. The monoisotopic (exact) mass is 244 g/mol. The highest BCUT2D eigenvalue weighted by Gasteiger charge is 2.22. The molecule has 0 fully saturated rings. The number of carbonyl (C=O) groups excluding carboxylic acids is 1. The van der Waals surface area contributed by atoms with E-state index >= 15 is 0 Å². The van der Waals surface area contributed by atoms with Gasteiger partial charge in [0, 0.05) is 6.08 Å². The Bertz CT molecular complexity index is 377. The number of rotatable bonds is 5. The number of halogens is 3. The van der Waals surface area contributed by atoms with Crippen LogP contribution in [0.5, 0.6) is 0 Å². The molecule has 0 aromatic heterocycles. The van der Waals surface area contributed by atoms with Gasteiger partial charge in [0.15, 0.2) is 0 Å². The molecule has 1 rings (SSSR count). The van der Waals surface area contributed by atoms with Crippen molar-refractivity contribution in [3.8, 4) is 0 Å². The minimum atomic E-state index is -3.32. The van der Waals surface area contributed by atoms with Crippen LogP contribution in [0.15, 0.2) is 42.5 Å². The van der Waals surface area contributed by atoms with Crippen molar-refractivity contribution >= 4 is 5.97 Å². The molecule has 0 aliphatic carbocycles. The van der Waals surface area contributed by atoms with Gasteiger partial charge in [0.1, 0.15) is 0 Å². The van der Waals surface area contributed by atoms with Crippen LogP contribution in [0.3, 0.4) is 0 Å². The highest BCUT2D eigenvalue weighted by Crippen LogP contribution is 2.07. The van der Waals surface area contributed by atoms with Crippen LogP contribution >= 0.6 is 0 Å². The fourth-order valence-electron chi connectivity index (χ4n) is 1.11. The van der Waals surface area contributed by atoms with E-state index in [1.165, 1.54) is 6.08 Å². The topological polar surface area (TPSA) is 26.3 Å². The van der Waals surface area contributed by atoms with Crippen LogP contribution in [0.1, 0.15) is 5.56 Å². The summed E-state index contributed by atoms with van der Waals surface area (Å²) in [5.41, 5.74) is 0.946. The Kier molecular flexibility index (Phi) is 5.26. The van der Waals surface area contributed by atoms with Crippen LogP contribution in [0, 0.1) is 0 Å². The van der Waals surface area contributed by atoms with Gasteiger partial charge < -0.3 is 4.74 Å². The highest BCUT2D eigenvalue weighted by atomic mass is 19.3. The maximum absolute atomic E-state index is 12.3. The van der Waals surface area contributed by atoms with Crippen LogP contribution in [0.25, 0.3) is 0 Å². The van der Waals surface area contributed by atoms with Gasteiger partial charge in [0.25, 0.3) is 0 Å². The first-order valence-electron chi connectivity index (χ1n) is 4.93. The Morgan fingerprint density at radius 2 is 1.88 bits per heavy atom. The molecule has 1 aromatic carbocycles. The molecule has 0 aliphatic rings. The van der Waals surface area contributed by atoms with E-state index in [4.69, 9.17) is 0 Å². The standard InChI is InChI=1S/C12H11F3O2/c13-11(14)12(15)17-10(16)8-4-7-9-5-2-1-3-6-9/h1-6,8,11-12H,7H2. The number of allylic oxidation sites excluding steroid dienone is 1. The zero-order chi connectivity index (χ0) is 12.7. The van der Waals surface area contributed by atoms with Gasteiger partial charge in [-0.15, -0.1) is 0 Å². The van der Waals surface area contributed by atoms with Crippen molar-refractivity contribution in [3.05, 3.63) is 48.0 Å². The molecule has 0 saturated carbocycles. The third-order valence-electron chi connectivity index (χ3n) is 1.88. The molecule has 17 heavy (non-hydrogen) atoms. The Balaban J connectivity index is 2.36. The van der Waals surface area contributed by atoms with Crippen LogP contribution in [-0.4, -0.2) is 18.8 Å². The summed E-state index contributed by atoms with van der Waals surface area (Å²) in [5, 5.41) is 0. The fraction of sp³-hybridized carbons (Fsp3) is 0.250. The number of carbonyl (C=O) groups is 1. The lowest BCUT2D eigenvalue weighted by Gasteiger charge is -2.05. The van der Waals surface area contributed by atoms with E-state index in [1.54, 1.807) is 0 Å². The first-order chi connectivity index (χ1) is 8.09. The molecule has 1 unspecified atom stereocenters. The summed E-state index contributed by atoms with van der Waals surface area (Å²) >= 11 is 0. The molecule has 0 N–H and O–H groups in total. The number of hydrogen-bond donors (Lipinski definition) is 0. The van der Waals surface area contributed by atoms with Gasteiger partial charge in [-0.3, -0.25) is 0 Å². The maximum atomic E-state index is 12.3. The quantitative estimate of drug-likeness (QED) is 0.588. The van der Waals surface area contributed by atoms with Crippen molar-refractivity contribution in [3.63, 3.8) is 0 Å². The normalized spacial score (nSPS) is 12.9. The van der Waals surface area contributed by atoms with Crippen molar-refractivity contribution in [2.45, 2.75) is 19.2 Å². The smallest absolute Gasteiger partial charge is 0.333 e. The molecular weight excluding hydrogens is 233 g/mol. The largest absolute Gasteiger partial charge is 0.422 e. The number of hydrogen-bond acceptors (Lipinski definition) is 2.